The molecule has 10 heteroatoms. The molecule has 2 amide bonds. The second kappa shape index (κ2) is 10.4. The van der Waals surface area contributed by atoms with Crippen molar-refractivity contribution >= 4 is 51.2 Å². The molecule has 0 saturated carbocycles. The standard InChI is InChI=1S/C22H17BrFN3O4S/c1-31-22(30)19-18(12-5-3-2-4-6-12)14(10-25)21(27-20(19)29)32-11-17(28)26-16-8-7-13(23)9-15(16)24/h2-9,18-19H,11H2,1H3,(H,26,28)(H,27,29)/t18-,19+/m1/s1. The van der Waals surface area contributed by atoms with Gasteiger partial charge in [0.15, 0.2) is 0 Å². The molecule has 7 nitrogen and oxygen atoms in total. The van der Waals surface area contributed by atoms with Crippen LogP contribution in [0.25, 0.3) is 0 Å². The number of hydrogen-bond donors (Lipinski definition) is 2. The molecule has 3 rings (SSSR count). The lowest BCUT2D eigenvalue weighted by molar-refractivity contribution is -0.150. The first-order valence-corrected chi connectivity index (χ1v) is 11.1. The van der Waals surface area contributed by atoms with Crippen LogP contribution in [0.1, 0.15) is 11.5 Å². The van der Waals surface area contributed by atoms with E-state index in [4.69, 9.17) is 4.74 Å². The molecule has 0 aromatic heterocycles. The van der Waals surface area contributed by atoms with Crippen LogP contribution in [0.4, 0.5) is 10.1 Å². The van der Waals surface area contributed by atoms with E-state index in [1.165, 1.54) is 19.2 Å². The third-order valence-corrected chi connectivity index (χ3v) is 6.21. The van der Waals surface area contributed by atoms with Crippen LogP contribution in [0.2, 0.25) is 0 Å². The number of allylic oxidation sites excluding steroid dienone is 1. The summed E-state index contributed by atoms with van der Waals surface area (Å²) < 4.78 is 19.3. The Labute approximate surface area is 196 Å². The van der Waals surface area contributed by atoms with Crippen molar-refractivity contribution in [3.05, 3.63) is 75.0 Å². The van der Waals surface area contributed by atoms with Gasteiger partial charge in [-0.15, -0.1) is 0 Å². The minimum absolute atomic E-state index is 0.00823. The first-order valence-electron chi connectivity index (χ1n) is 9.31. The average Bonchev–Trinajstić information content (AvgIpc) is 2.79. The number of carbonyl (C=O) groups is 3. The Bertz CT molecular complexity index is 1130. The summed E-state index contributed by atoms with van der Waals surface area (Å²) in [7, 11) is 1.17. The van der Waals surface area contributed by atoms with Crippen LogP contribution in [-0.4, -0.2) is 30.6 Å². The lowest BCUT2D eigenvalue weighted by Crippen LogP contribution is -2.44. The van der Waals surface area contributed by atoms with E-state index in [-0.39, 0.29) is 22.0 Å². The van der Waals surface area contributed by atoms with Crippen molar-refractivity contribution in [3.8, 4) is 6.07 Å². The van der Waals surface area contributed by atoms with Gasteiger partial charge in [-0.2, -0.15) is 5.26 Å². The molecule has 32 heavy (non-hydrogen) atoms. The number of nitrogens with one attached hydrogen (secondary N) is 2. The van der Waals surface area contributed by atoms with Crippen LogP contribution in [-0.2, 0) is 19.1 Å². The fourth-order valence-electron chi connectivity index (χ4n) is 3.25. The number of rotatable bonds is 6. The Morgan fingerprint density at radius 1 is 1.28 bits per heavy atom. The van der Waals surface area contributed by atoms with Gasteiger partial charge in [-0.1, -0.05) is 58.0 Å². The van der Waals surface area contributed by atoms with Crippen molar-refractivity contribution in [1.82, 2.24) is 5.32 Å². The number of halogens is 2. The summed E-state index contributed by atoms with van der Waals surface area (Å²) in [6, 6.07) is 14.9. The quantitative estimate of drug-likeness (QED) is 0.446. The van der Waals surface area contributed by atoms with Crippen LogP contribution < -0.4 is 10.6 Å². The molecule has 0 fully saturated rings. The molecule has 1 heterocycles. The molecule has 0 spiro atoms. The second-order valence-corrected chi connectivity index (χ2v) is 8.60. The molecular weight excluding hydrogens is 501 g/mol. The van der Waals surface area contributed by atoms with Crippen LogP contribution in [0.5, 0.6) is 0 Å². The highest BCUT2D eigenvalue weighted by Crippen LogP contribution is 2.40. The molecule has 0 unspecified atom stereocenters. The van der Waals surface area contributed by atoms with E-state index in [1.54, 1.807) is 36.4 Å². The molecule has 2 aromatic carbocycles. The molecule has 164 valence electrons. The van der Waals surface area contributed by atoms with E-state index >= 15 is 0 Å². The third kappa shape index (κ3) is 5.18. The largest absolute Gasteiger partial charge is 0.468 e. The number of carbonyl (C=O) groups excluding carboxylic acids is 3. The van der Waals surface area contributed by atoms with Crippen molar-refractivity contribution in [3.63, 3.8) is 0 Å². The van der Waals surface area contributed by atoms with Crippen molar-refractivity contribution < 1.29 is 23.5 Å². The number of nitriles is 1. The Kier molecular flexibility index (Phi) is 7.66. The van der Waals surface area contributed by atoms with Crippen molar-refractivity contribution in [1.29, 1.82) is 5.26 Å². The molecule has 1 aliphatic rings. The van der Waals surface area contributed by atoms with E-state index in [1.807, 2.05) is 0 Å². The van der Waals surface area contributed by atoms with E-state index in [0.29, 0.717) is 10.0 Å². The number of anilines is 1. The Balaban J connectivity index is 1.86. The first-order chi connectivity index (χ1) is 15.3. The van der Waals surface area contributed by atoms with Gasteiger partial charge >= 0.3 is 5.97 Å². The predicted molar refractivity (Wildman–Crippen MR) is 121 cm³/mol. The number of nitrogens with zero attached hydrogens (tertiary/aromatic N) is 1. The molecule has 0 saturated heterocycles. The lowest BCUT2D eigenvalue weighted by Gasteiger charge is -2.30. The Morgan fingerprint density at radius 3 is 2.62 bits per heavy atom. The van der Waals surface area contributed by atoms with Crippen LogP contribution in [0, 0.1) is 23.1 Å². The molecule has 2 atom stereocenters. The Morgan fingerprint density at radius 2 is 2.00 bits per heavy atom. The fourth-order valence-corrected chi connectivity index (χ4v) is 4.44. The highest BCUT2D eigenvalue weighted by molar-refractivity contribution is 9.10. The fraction of sp³-hybridized carbons (Fsp3) is 0.182. The number of benzene rings is 2. The molecule has 2 N–H and O–H groups in total. The van der Waals surface area contributed by atoms with Gasteiger partial charge in [-0.05, 0) is 23.8 Å². The van der Waals surface area contributed by atoms with Crippen LogP contribution >= 0.6 is 27.7 Å². The van der Waals surface area contributed by atoms with Crippen molar-refractivity contribution in [2.45, 2.75) is 5.92 Å². The van der Waals surface area contributed by atoms with Gasteiger partial charge in [-0.3, -0.25) is 14.4 Å². The minimum Gasteiger partial charge on any atom is -0.468 e. The number of esters is 1. The Hall–Kier alpha value is -3.16. The summed E-state index contributed by atoms with van der Waals surface area (Å²) in [5.41, 5.74) is 0.737. The second-order valence-electron chi connectivity index (χ2n) is 6.69. The smallest absolute Gasteiger partial charge is 0.319 e. The third-order valence-electron chi connectivity index (χ3n) is 4.70. The number of hydrogen-bond acceptors (Lipinski definition) is 6. The number of ether oxygens (including phenoxy) is 1. The first kappa shape index (κ1) is 23.5. The summed E-state index contributed by atoms with van der Waals surface area (Å²) in [6.07, 6.45) is 0. The zero-order valence-electron chi connectivity index (χ0n) is 16.7. The van der Waals surface area contributed by atoms with Gasteiger partial charge in [0.05, 0.1) is 35.2 Å². The molecule has 0 radical (unpaired) electrons. The maximum Gasteiger partial charge on any atom is 0.319 e. The van der Waals surface area contributed by atoms with Gasteiger partial charge in [0, 0.05) is 10.4 Å². The van der Waals surface area contributed by atoms with Gasteiger partial charge in [0.2, 0.25) is 11.8 Å². The molecule has 1 aliphatic heterocycles. The zero-order chi connectivity index (χ0) is 23.3. The predicted octanol–water partition coefficient (Wildman–Crippen LogP) is 3.70. The molecule has 0 aliphatic carbocycles. The number of methoxy groups -OCH3 is 1. The normalized spacial score (nSPS) is 17.9. The molecule has 2 aromatic rings. The topological polar surface area (TPSA) is 108 Å². The monoisotopic (exact) mass is 517 g/mol. The minimum atomic E-state index is -1.24. The maximum atomic E-state index is 14.0. The highest BCUT2D eigenvalue weighted by atomic mass is 79.9. The van der Waals surface area contributed by atoms with E-state index < -0.39 is 35.4 Å². The van der Waals surface area contributed by atoms with Crippen molar-refractivity contribution in [2.75, 3.05) is 18.2 Å². The average molecular weight is 518 g/mol. The SMILES string of the molecule is COC(=O)[C@@H]1C(=O)NC(SCC(=O)Nc2ccc(Br)cc2F)=C(C#N)[C@H]1c1ccccc1. The lowest BCUT2D eigenvalue weighted by atomic mass is 9.78. The van der Waals surface area contributed by atoms with Gasteiger partial charge in [0.1, 0.15) is 11.7 Å². The van der Waals surface area contributed by atoms with E-state index in [9.17, 15) is 24.0 Å². The summed E-state index contributed by atoms with van der Waals surface area (Å²) in [5.74, 6) is -4.83. The zero-order valence-corrected chi connectivity index (χ0v) is 19.1. The van der Waals surface area contributed by atoms with Crippen molar-refractivity contribution in [2.24, 2.45) is 5.92 Å². The highest BCUT2D eigenvalue weighted by Gasteiger charge is 2.44. The molecule has 0 bridgehead atoms. The summed E-state index contributed by atoms with van der Waals surface area (Å²) >= 11 is 4.06. The maximum absolute atomic E-state index is 14.0. The number of thioether (sulfide) groups is 1. The van der Waals surface area contributed by atoms with Gasteiger partial charge in [0.25, 0.3) is 0 Å². The van der Waals surface area contributed by atoms with E-state index in [2.05, 4.69) is 32.6 Å². The van der Waals surface area contributed by atoms with Crippen LogP contribution in [0.3, 0.4) is 0 Å². The van der Waals surface area contributed by atoms with Gasteiger partial charge < -0.3 is 15.4 Å². The summed E-state index contributed by atoms with van der Waals surface area (Å²) in [6.45, 7) is 0. The van der Waals surface area contributed by atoms with Gasteiger partial charge in [-0.25, -0.2) is 4.39 Å². The summed E-state index contributed by atoms with van der Waals surface area (Å²) in [4.78, 5) is 37.4. The number of amides is 2. The molecular formula is C22H17BrFN3O4S. The van der Waals surface area contributed by atoms with E-state index in [0.717, 1.165) is 11.8 Å². The summed E-state index contributed by atoms with van der Waals surface area (Å²) in [5, 5.41) is 15.0. The van der Waals surface area contributed by atoms with Crippen LogP contribution in [0.15, 0.2) is 63.6 Å².